The second-order valence-corrected chi connectivity index (χ2v) is 8.68. The van der Waals surface area contributed by atoms with Gasteiger partial charge in [-0.1, -0.05) is 6.07 Å². The first-order chi connectivity index (χ1) is 16.0. The molecule has 1 aromatic carbocycles. The van der Waals surface area contributed by atoms with Crippen molar-refractivity contribution in [3.8, 4) is 5.75 Å². The van der Waals surface area contributed by atoms with Gasteiger partial charge < -0.3 is 14.4 Å². The molecule has 2 aromatic heterocycles. The third-order valence-corrected chi connectivity index (χ3v) is 6.31. The molecule has 3 heterocycles. The molecule has 0 radical (unpaired) electrons. The zero-order valence-corrected chi connectivity index (χ0v) is 19.9. The molecule has 1 aliphatic rings. The number of esters is 1. The van der Waals surface area contributed by atoms with Crippen molar-refractivity contribution in [3.63, 3.8) is 0 Å². The number of carbonyl (C=O) groups is 1. The van der Waals surface area contributed by atoms with Crippen LogP contribution >= 0.6 is 0 Å². The van der Waals surface area contributed by atoms with Crippen LogP contribution in [0.2, 0.25) is 0 Å². The minimum Gasteiger partial charge on any atom is -0.494 e. The molecule has 1 saturated heterocycles. The molecule has 33 heavy (non-hydrogen) atoms. The highest BCUT2D eigenvalue weighted by Crippen LogP contribution is 2.36. The summed E-state index contributed by atoms with van der Waals surface area (Å²) in [7, 11) is 3.14. The van der Waals surface area contributed by atoms with Crippen LogP contribution in [0.5, 0.6) is 5.75 Å². The molecule has 0 N–H and O–H groups in total. The second kappa shape index (κ2) is 10.2. The van der Waals surface area contributed by atoms with Gasteiger partial charge in [-0.3, -0.25) is 19.4 Å². The maximum absolute atomic E-state index is 12.3. The Hall–Kier alpha value is -3.13. The maximum Gasteiger partial charge on any atom is 0.307 e. The van der Waals surface area contributed by atoms with E-state index in [1.807, 2.05) is 41.3 Å². The van der Waals surface area contributed by atoms with Crippen LogP contribution in [0.4, 0.5) is 5.69 Å². The zero-order valence-electron chi connectivity index (χ0n) is 19.9. The molecule has 0 saturated carbocycles. The summed E-state index contributed by atoms with van der Waals surface area (Å²) in [6.45, 7) is 7.54. The summed E-state index contributed by atoms with van der Waals surface area (Å²) in [6.07, 6.45) is 5.05. The van der Waals surface area contributed by atoms with Gasteiger partial charge in [-0.15, -0.1) is 0 Å². The van der Waals surface area contributed by atoms with Gasteiger partial charge in [-0.05, 0) is 44.5 Å². The van der Waals surface area contributed by atoms with Crippen LogP contribution in [-0.2, 0) is 9.53 Å². The van der Waals surface area contributed by atoms with Gasteiger partial charge in [0, 0.05) is 50.0 Å². The molecule has 3 aromatic rings. The Labute approximate surface area is 195 Å². The largest absolute Gasteiger partial charge is 0.494 e. The highest BCUT2D eigenvalue weighted by molar-refractivity contribution is 5.94. The summed E-state index contributed by atoms with van der Waals surface area (Å²) in [5.41, 5.74) is 2.89. The van der Waals surface area contributed by atoms with Crippen molar-refractivity contribution in [2.45, 2.75) is 38.8 Å². The summed E-state index contributed by atoms with van der Waals surface area (Å²) >= 11 is 0. The molecule has 1 atom stereocenters. The predicted molar refractivity (Wildman–Crippen MR) is 129 cm³/mol. The van der Waals surface area contributed by atoms with Crippen molar-refractivity contribution in [1.82, 2.24) is 19.7 Å². The zero-order chi connectivity index (χ0) is 23.4. The average Bonchev–Trinajstić information content (AvgIpc) is 3.21. The summed E-state index contributed by atoms with van der Waals surface area (Å²) in [4.78, 5) is 21.6. The Morgan fingerprint density at radius 3 is 2.67 bits per heavy atom. The Kier molecular flexibility index (Phi) is 7.13. The normalized spacial score (nSPS) is 16.1. The second-order valence-electron chi connectivity index (χ2n) is 8.68. The van der Waals surface area contributed by atoms with E-state index < -0.39 is 0 Å². The number of benzene rings is 1. The number of fused-ring (bicyclic) bond motifs is 1. The summed E-state index contributed by atoms with van der Waals surface area (Å²) in [6, 6.07) is 10.3. The number of hydrogen-bond donors (Lipinski definition) is 0. The van der Waals surface area contributed by atoms with E-state index in [2.05, 4.69) is 34.7 Å². The fraction of sp³-hybridized carbons (Fsp3) is 0.480. The topological polar surface area (TPSA) is 72.7 Å². The summed E-state index contributed by atoms with van der Waals surface area (Å²) in [5, 5.41) is 5.87. The lowest BCUT2D eigenvalue weighted by molar-refractivity contribution is -0.142. The van der Waals surface area contributed by atoms with Crippen molar-refractivity contribution in [2.24, 2.45) is 0 Å². The van der Waals surface area contributed by atoms with Crippen LogP contribution in [0.3, 0.4) is 0 Å². The van der Waals surface area contributed by atoms with Gasteiger partial charge >= 0.3 is 5.97 Å². The molecule has 8 nitrogen and oxygen atoms in total. The third-order valence-electron chi connectivity index (χ3n) is 6.31. The third kappa shape index (κ3) is 4.95. The lowest BCUT2D eigenvalue weighted by atomic mass is 10.1. The predicted octanol–water partition coefficient (Wildman–Crippen LogP) is 3.84. The standard InChI is InChI=1S/C25H33N5O3/c1-18(2)30-14-10-20(27-30)21(17-23(31)33-4)28-12-6-13-29(16-15-28)25-22(32-3)9-8-19-7-5-11-26-24(19)25/h5,7-11,14,18,21H,6,12-13,15-17H2,1-4H3. The van der Waals surface area contributed by atoms with Gasteiger partial charge in [0.05, 0.1) is 37.9 Å². The Bertz CT molecular complexity index is 1100. The molecular weight excluding hydrogens is 418 g/mol. The quantitative estimate of drug-likeness (QED) is 0.506. The van der Waals surface area contributed by atoms with E-state index in [9.17, 15) is 4.79 Å². The Morgan fingerprint density at radius 1 is 1.09 bits per heavy atom. The van der Waals surface area contributed by atoms with Crippen LogP contribution in [0.1, 0.15) is 44.5 Å². The molecule has 0 aliphatic carbocycles. The van der Waals surface area contributed by atoms with Crippen LogP contribution in [-0.4, -0.2) is 66.0 Å². The number of hydrogen-bond acceptors (Lipinski definition) is 7. The van der Waals surface area contributed by atoms with Gasteiger partial charge in [0.2, 0.25) is 0 Å². The molecule has 0 spiro atoms. The summed E-state index contributed by atoms with van der Waals surface area (Å²) < 4.78 is 12.7. The minimum absolute atomic E-state index is 0.120. The number of pyridine rings is 1. The van der Waals surface area contributed by atoms with Crippen molar-refractivity contribution >= 4 is 22.6 Å². The van der Waals surface area contributed by atoms with Crippen molar-refractivity contribution in [2.75, 3.05) is 45.3 Å². The van der Waals surface area contributed by atoms with E-state index in [0.717, 1.165) is 60.6 Å². The fourth-order valence-corrected chi connectivity index (χ4v) is 4.53. The molecule has 0 bridgehead atoms. The van der Waals surface area contributed by atoms with Gasteiger partial charge in [0.25, 0.3) is 0 Å². The summed E-state index contributed by atoms with van der Waals surface area (Å²) in [5.74, 6) is 0.608. The van der Waals surface area contributed by atoms with Crippen LogP contribution in [0.15, 0.2) is 42.7 Å². The fourth-order valence-electron chi connectivity index (χ4n) is 4.53. The lowest BCUT2D eigenvalue weighted by Crippen LogP contribution is -2.35. The Morgan fingerprint density at radius 2 is 1.94 bits per heavy atom. The molecule has 1 aliphatic heterocycles. The van der Waals surface area contributed by atoms with E-state index in [1.165, 1.54) is 7.11 Å². The van der Waals surface area contributed by atoms with E-state index >= 15 is 0 Å². The number of methoxy groups -OCH3 is 2. The van der Waals surface area contributed by atoms with Gasteiger partial charge in [0.15, 0.2) is 0 Å². The van der Waals surface area contributed by atoms with Crippen LogP contribution < -0.4 is 9.64 Å². The highest BCUT2D eigenvalue weighted by Gasteiger charge is 2.29. The van der Waals surface area contributed by atoms with Crippen molar-refractivity contribution in [1.29, 1.82) is 0 Å². The molecular formula is C25H33N5O3. The maximum atomic E-state index is 12.3. The monoisotopic (exact) mass is 451 g/mol. The minimum atomic E-state index is -0.222. The van der Waals surface area contributed by atoms with E-state index in [1.54, 1.807) is 7.11 Å². The van der Waals surface area contributed by atoms with Gasteiger partial charge in [-0.25, -0.2) is 0 Å². The molecule has 0 amide bonds. The lowest BCUT2D eigenvalue weighted by Gasteiger charge is -2.29. The molecule has 8 heteroatoms. The van der Waals surface area contributed by atoms with Crippen LogP contribution in [0.25, 0.3) is 10.9 Å². The highest BCUT2D eigenvalue weighted by atomic mass is 16.5. The first-order valence-corrected chi connectivity index (χ1v) is 11.5. The number of carbonyl (C=O) groups excluding carboxylic acids is 1. The SMILES string of the molecule is COC(=O)CC(c1ccn(C(C)C)n1)N1CCCN(c2c(OC)ccc3cccnc23)CC1. The number of ether oxygens (including phenoxy) is 2. The molecule has 1 fully saturated rings. The number of aromatic nitrogens is 3. The van der Waals surface area contributed by atoms with Gasteiger partial charge in [0.1, 0.15) is 11.4 Å². The number of anilines is 1. The van der Waals surface area contributed by atoms with Crippen molar-refractivity contribution < 1.29 is 14.3 Å². The molecule has 176 valence electrons. The van der Waals surface area contributed by atoms with Crippen LogP contribution in [0, 0.1) is 0 Å². The van der Waals surface area contributed by atoms with Crippen molar-refractivity contribution in [3.05, 3.63) is 48.4 Å². The number of nitrogens with zero attached hydrogens (tertiary/aromatic N) is 5. The first-order valence-electron chi connectivity index (χ1n) is 11.5. The molecule has 1 unspecified atom stereocenters. The van der Waals surface area contributed by atoms with E-state index in [-0.39, 0.29) is 24.5 Å². The van der Waals surface area contributed by atoms with E-state index in [0.29, 0.717) is 0 Å². The Balaban J connectivity index is 1.60. The number of rotatable bonds is 7. The average molecular weight is 452 g/mol. The first kappa shape index (κ1) is 23.0. The smallest absolute Gasteiger partial charge is 0.307 e. The van der Waals surface area contributed by atoms with Gasteiger partial charge in [-0.2, -0.15) is 5.10 Å². The van der Waals surface area contributed by atoms with E-state index in [4.69, 9.17) is 14.6 Å². The molecule has 4 rings (SSSR count).